The van der Waals surface area contributed by atoms with Crippen LogP contribution in [0.1, 0.15) is 5.56 Å². The van der Waals surface area contributed by atoms with Crippen molar-refractivity contribution in [3.8, 4) is 5.75 Å². The highest BCUT2D eigenvalue weighted by Crippen LogP contribution is 2.32. The fourth-order valence-corrected chi connectivity index (χ4v) is 1.86. The van der Waals surface area contributed by atoms with Gasteiger partial charge in [-0.1, -0.05) is 11.6 Å². The third-order valence-electron chi connectivity index (χ3n) is 2.64. The lowest BCUT2D eigenvalue weighted by atomic mass is 10.2. The van der Waals surface area contributed by atoms with Crippen molar-refractivity contribution in [2.24, 2.45) is 5.10 Å². The summed E-state index contributed by atoms with van der Waals surface area (Å²) in [6, 6.07) is 4.86. The molecule has 0 radical (unpaired) electrons. The molecule has 1 aromatic carbocycles. The lowest BCUT2D eigenvalue weighted by Gasteiger charge is -2.02. The van der Waals surface area contributed by atoms with Gasteiger partial charge in [0.1, 0.15) is 0 Å². The minimum atomic E-state index is -0.796. The number of aromatic nitrogens is 1. The van der Waals surface area contributed by atoms with Crippen LogP contribution in [0.15, 0.2) is 35.6 Å². The van der Waals surface area contributed by atoms with Crippen LogP contribution >= 0.6 is 11.6 Å². The summed E-state index contributed by atoms with van der Waals surface area (Å²) >= 11 is 5.73. The van der Waals surface area contributed by atoms with E-state index in [1.165, 1.54) is 24.4 Å². The number of aromatic hydroxyl groups is 1. The Morgan fingerprint density at radius 3 is 2.61 bits per heavy atom. The van der Waals surface area contributed by atoms with Gasteiger partial charge in [0.25, 0.3) is 0 Å². The summed E-state index contributed by atoms with van der Waals surface area (Å²) in [5.74, 6) is -0.745. The zero-order valence-corrected chi connectivity index (χ0v) is 12.0. The van der Waals surface area contributed by atoms with E-state index in [9.17, 15) is 25.3 Å². The molecule has 0 atom stereocenters. The van der Waals surface area contributed by atoms with Crippen LogP contribution in [0, 0.1) is 20.2 Å². The van der Waals surface area contributed by atoms with Gasteiger partial charge in [-0.25, -0.2) is 4.98 Å². The molecule has 2 aromatic rings. The molecule has 0 unspecified atom stereocenters. The normalized spacial score (nSPS) is 10.7. The van der Waals surface area contributed by atoms with E-state index in [1.54, 1.807) is 0 Å². The van der Waals surface area contributed by atoms with Crippen LogP contribution in [0.5, 0.6) is 5.75 Å². The van der Waals surface area contributed by atoms with E-state index in [1.807, 2.05) is 0 Å². The third-order valence-corrected chi connectivity index (χ3v) is 2.86. The van der Waals surface area contributed by atoms with Gasteiger partial charge in [0.05, 0.1) is 16.1 Å². The van der Waals surface area contributed by atoms with Crippen molar-refractivity contribution in [1.82, 2.24) is 4.98 Å². The van der Waals surface area contributed by atoms with Crippen LogP contribution in [0.2, 0.25) is 5.02 Å². The fraction of sp³-hybridized carbons (Fsp3) is 0. The maximum atomic E-state index is 10.8. The summed E-state index contributed by atoms with van der Waals surface area (Å²) in [5.41, 5.74) is 1.42. The Morgan fingerprint density at radius 1 is 1.26 bits per heavy atom. The first-order valence-corrected chi connectivity index (χ1v) is 6.33. The fourth-order valence-electron chi connectivity index (χ4n) is 1.64. The molecule has 0 aliphatic carbocycles. The van der Waals surface area contributed by atoms with Gasteiger partial charge in [-0.15, -0.1) is 0 Å². The van der Waals surface area contributed by atoms with Crippen LogP contribution in [0.3, 0.4) is 0 Å². The Hall–Kier alpha value is -3.27. The van der Waals surface area contributed by atoms with Crippen LogP contribution < -0.4 is 5.43 Å². The average Bonchev–Trinajstić information content (AvgIpc) is 2.50. The highest BCUT2D eigenvalue weighted by atomic mass is 35.5. The van der Waals surface area contributed by atoms with Gasteiger partial charge in [0.15, 0.2) is 0 Å². The molecule has 0 aliphatic rings. The summed E-state index contributed by atoms with van der Waals surface area (Å²) < 4.78 is 0. The molecule has 1 heterocycles. The first kappa shape index (κ1) is 16.1. The van der Waals surface area contributed by atoms with Crippen molar-refractivity contribution >= 4 is 35.0 Å². The molecule has 0 saturated carbocycles. The van der Waals surface area contributed by atoms with Gasteiger partial charge >= 0.3 is 11.4 Å². The summed E-state index contributed by atoms with van der Waals surface area (Å²) in [5, 5.41) is 35.1. The molecule has 0 spiro atoms. The summed E-state index contributed by atoms with van der Waals surface area (Å²) in [6.07, 6.45) is 2.36. The quantitative estimate of drug-likeness (QED) is 0.484. The number of benzene rings is 1. The van der Waals surface area contributed by atoms with E-state index in [-0.39, 0.29) is 22.1 Å². The van der Waals surface area contributed by atoms with Gasteiger partial charge in [-0.3, -0.25) is 25.7 Å². The largest absolute Gasteiger partial charge is 0.502 e. The molecule has 0 saturated heterocycles. The molecule has 2 rings (SSSR count). The molecule has 0 aliphatic heterocycles. The van der Waals surface area contributed by atoms with Crippen molar-refractivity contribution in [3.63, 3.8) is 0 Å². The van der Waals surface area contributed by atoms with E-state index in [2.05, 4.69) is 15.5 Å². The zero-order chi connectivity index (χ0) is 17.0. The zero-order valence-electron chi connectivity index (χ0n) is 11.2. The van der Waals surface area contributed by atoms with E-state index in [4.69, 9.17) is 11.6 Å². The smallest absolute Gasteiger partial charge is 0.313 e. The van der Waals surface area contributed by atoms with Gasteiger partial charge in [-0.2, -0.15) is 5.10 Å². The number of phenolic OH excluding ortho intramolecular Hbond substituents is 1. The van der Waals surface area contributed by atoms with Gasteiger partial charge in [0.2, 0.25) is 11.6 Å². The molecule has 0 amide bonds. The number of hydrazone groups is 1. The number of nitro benzene ring substituents is 1. The molecule has 0 fully saturated rings. The van der Waals surface area contributed by atoms with Crippen LogP contribution in [0.25, 0.3) is 0 Å². The van der Waals surface area contributed by atoms with Crippen molar-refractivity contribution < 1.29 is 15.0 Å². The molecule has 1 aromatic heterocycles. The number of pyridine rings is 1. The predicted octanol–water partition coefficient (Wildman–Crippen LogP) is 2.70. The topological polar surface area (TPSA) is 144 Å². The first-order valence-electron chi connectivity index (χ1n) is 5.95. The molecular formula is C12H8ClN5O5. The van der Waals surface area contributed by atoms with Crippen molar-refractivity contribution in [2.45, 2.75) is 0 Å². The number of nitrogens with zero attached hydrogens (tertiary/aromatic N) is 4. The molecule has 23 heavy (non-hydrogen) atoms. The van der Waals surface area contributed by atoms with E-state index < -0.39 is 21.3 Å². The molecule has 2 N–H and O–H groups in total. The molecule has 10 nitrogen and oxygen atoms in total. The van der Waals surface area contributed by atoms with E-state index in [0.29, 0.717) is 0 Å². The van der Waals surface area contributed by atoms with E-state index in [0.717, 1.165) is 12.3 Å². The third kappa shape index (κ3) is 3.68. The number of hydrogen-bond acceptors (Lipinski definition) is 8. The monoisotopic (exact) mass is 337 g/mol. The van der Waals surface area contributed by atoms with E-state index >= 15 is 0 Å². The Labute approximate surface area is 133 Å². The van der Waals surface area contributed by atoms with Gasteiger partial charge < -0.3 is 5.11 Å². The number of hydrogen-bond donors (Lipinski definition) is 2. The maximum Gasteiger partial charge on any atom is 0.313 e. The number of halogens is 1. The van der Waals surface area contributed by atoms with Crippen molar-refractivity contribution in [1.29, 1.82) is 0 Å². The van der Waals surface area contributed by atoms with Crippen LogP contribution in [-0.2, 0) is 0 Å². The highest BCUT2D eigenvalue weighted by Gasteiger charge is 2.18. The average molecular weight is 338 g/mol. The Bertz CT molecular complexity index is 810. The Balaban J connectivity index is 2.29. The SMILES string of the molecule is O=[N+]([O-])c1cccnc1N/N=C\c1cc(Cl)cc([N+](=O)[O-])c1O. The summed E-state index contributed by atoms with van der Waals surface area (Å²) in [4.78, 5) is 23.9. The van der Waals surface area contributed by atoms with Crippen LogP contribution in [-0.4, -0.2) is 26.2 Å². The first-order chi connectivity index (χ1) is 10.9. The molecular weight excluding hydrogens is 330 g/mol. The molecule has 118 valence electrons. The minimum absolute atomic E-state index is 0.0276. The van der Waals surface area contributed by atoms with Crippen LogP contribution in [0.4, 0.5) is 17.2 Å². The highest BCUT2D eigenvalue weighted by molar-refractivity contribution is 6.31. The molecule has 0 bridgehead atoms. The number of phenols is 1. The minimum Gasteiger partial charge on any atom is -0.502 e. The van der Waals surface area contributed by atoms with Crippen molar-refractivity contribution in [3.05, 3.63) is 61.3 Å². The maximum absolute atomic E-state index is 10.8. The second-order valence-electron chi connectivity index (χ2n) is 4.12. The number of rotatable bonds is 5. The summed E-state index contributed by atoms with van der Waals surface area (Å²) in [6.45, 7) is 0. The number of nitrogens with one attached hydrogen (secondary N) is 1. The second-order valence-corrected chi connectivity index (χ2v) is 4.55. The lowest BCUT2D eigenvalue weighted by molar-refractivity contribution is -0.385. The Morgan fingerprint density at radius 2 is 1.96 bits per heavy atom. The lowest BCUT2D eigenvalue weighted by Crippen LogP contribution is -1.99. The Kier molecular flexibility index (Phi) is 4.66. The molecule has 11 heteroatoms. The number of anilines is 1. The summed E-state index contributed by atoms with van der Waals surface area (Å²) in [7, 11) is 0. The van der Waals surface area contributed by atoms with Gasteiger partial charge in [-0.05, 0) is 12.1 Å². The second kappa shape index (κ2) is 6.66. The predicted molar refractivity (Wildman–Crippen MR) is 81.9 cm³/mol. The standard InChI is InChI=1S/C12H8ClN5O5/c13-8-4-7(11(19)10(5-8)18(22)23)6-15-16-12-9(17(20)21)2-1-3-14-12/h1-6,19H,(H,14,16)/b15-6-. The van der Waals surface area contributed by atoms with Crippen molar-refractivity contribution in [2.75, 3.05) is 5.43 Å². The van der Waals surface area contributed by atoms with Gasteiger partial charge in [0, 0.05) is 28.9 Å². The number of nitro groups is 2.